The summed E-state index contributed by atoms with van der Waals surface area (Å²) in [5.74, 6) is 0.916. The molecular weight excluding hydrogens is 360 g/mol. The lowest BCUT2D eigenvalue weighted by atomic mass is 9.99. The van der Waals surface area contributed by atoms with Crippen LogP contribution in [0.5, 0.6) is 5.75 Å². The highest BCUT2D eigenvalue weighted by molar-refractivity contribution is 5.29. The molecule has 0 aliphatic carbocycles. The maximum atomic E-state index is 5.89. The van der Waals surface area contributed by atoms with Gasteiger partial charge in [-0.25, -0.2) is 0 Å². The fourth-order valence-corrected chi connectivity index (χ4v) is 3.49. The van der Waals surface area contributed by atoms with E-state index in [0.29, 0.717) is 13.2 Å². The van der Waals surface area contributed by atoms with E-state index in [1.165, 1.54) is 16.7 Å². The average molecular weight is 393 g/mol. The van der Waals surface area contributed by atoms with Crippen molar-refractivity contribution in [2.24, 2.45) is 0 Å². The van der Waals surface area contributed by atoms with E-state index in [1.807, 2.05) is 36.4 Å². The minimum absolute atomic E-state index is 0.0678. The molecular formula is C26H32O3. The Morgan fingerprint density at radius 1 is 1.14 bits per heavy atom. The molecule has 1 fully saturated rings. The van der Waals surface area contributed by atoms with E-state index in [4.69, 9.17) is 14.2 Å². The van der Waals surface area contributed by atoms with Gasteiger partial charge in [-0.05, 0) is 55.4 Å². The summed E-state index contributed by atoms with van der Waals surface area (Å²) in [6, 6.07) is 18.6. The lowest BCUT2D eigenvalue weighted by molar-refractivity contribution is 0.0635. The van der Waals surface area contributed by atoms with Crippen LogP contribution >= 0.6 is 0 Å². The van der Waals surface area contributed by atoms with Crippen LogP contribution < -0.4 is 4.74 Å². The molecule has 3 heteroatoms. The second kappa shape index (κ2) is 11.0. The Morgan fingerprint density at radius 3 is 2.66 bits per heavy atom. The zero-order valence-corrected chi connectivity index (χ0v) is 17.4. The van der Waals surface area contributed by atoms with Gasteiger partial charge in [0.05, 0.1) is 26.9 Å². The Balaban J connectivity index is 1.36. The van der Waals surface area contributed by atoms with Crippen molar-refractivity contribution in [1.29, 1.82) is 0 Å². The van der Waals surface area contributed by atoms with E-state index < -0.39 is 0 Å². The van der Waals surface area contributed by atoms with Gasteiger partial charge in [0.15, 0.2) is 0 Å². The van der Waals surface area contributed by atoms with Gasteiger partial charge in [0.25, 0.3) is 0 Å². The smallest absolute Gasteiger partial charge is 0.119 e. The molecule has 0 amide bonds. The number of benzene rings is 2. The van der Waals surface area contributed by atoms with Gasteiger partial charge in [0, 0.05) is 0 Å². The van der Waals surface area contributed by atoms with Crippen LogP contribution in [0.15, 0.2) is 78.9 Å². The molecule has 3 rings (SSSR count). The highest BCUT2D eigenvalue weighted by Gasteiger charge is 2.44. The third-order valence-corrected chi connectivity index (χ3v) is 5.36. The van der Waals surface area contributed by atoms with Crippen LogP contribution in [0.25, 0.3) is 0 Å². The van der Waals surface area contributed by atoms with Gasteiger partial charge < -0.3 is 14.2 Å². The minimum Gasteiger partial charge on any atom is -0.497 e. The van der Waals surface area contributed by atoms with E-state index in [0.717, 1.165) is 44.5 Å². The van der Waals surface area contributed by atoms with Crippen molar-refractivity contribution in [3.05, 3.63) is 90.0 Å². The molecule has 0 aromatic heterocycles. The van der Waals surface area contributed by atoms with Crippen LogP contribution in [0.4, 0.5) is 0 Å². The fraction of sp³-hybridized carbons (Fsp3) is 0.385. The lowest BCUT2D eigenvalue weighted by Gasteiger charge is -2.13. The first-order chi connectivity index (χ1) is 14.2. The molecule has 1 saturated heterocycles. The first-order valence-electron chi connectivity index (χ1n) is 10.4. The van der Waals surface area contributed by atoms with Crippen molar-refractivity contribution in [1.82, 2.24) is 0 Å². The molecule has 2 aromatic rings. The molecule has 154 valence electrons. The van der Waals surface area contributed by atoms with Crippen molar-refractivity contribution in [3.63, 3.8) is 0 Å². The van der Waals surface area contributed by atoms with Crippen molar-refractivity contribution in [2.75, 3.05) is 20.3 Å². The molecule has 29 heavy (non-hydrogen) atoms. The predicted molar refractivity (Wildman–Crippen MR) is 118 cm³/mol. The Hall–Kier alpha value is -2.36. The molecule has 2 aromatic carbocycles. The van der Waals surface area contributed by atoms with Crippen LogP contribution in [0, 0.1) is 0 Å². The Morgan fingerprint density at radius 2 is 1.93 bits per heavy atom. The van der Waals surface area contributed by atoms with Crippen molar-refractivity contribution >= 4 is 0 Å². The normalized spacial score (nSPS) is 18.4. The number of aryl methyl sites for hydroxylation is 1. The summed E-state index contributed by atoms with van der Waals surface area (Å²) < 4.78 is 16.9. The van der Waals surface area contributed by atoms with E-state index in [-0.39, 0.29) is 5.60 Å². The predicted octanol–water partition coefficient (Wildman–Crippen LogP) is 5.90. The standard InChI is InChI=1S/C26H32O3/c1-3-22(12-7-13-23-14-8-16-25(18-23)27-2)15-9-17-26(21-29-26)20-28-19-24-10-5-4-6-11-24/h3-6,8,10-12,14,16,18H,1,7,9,13,15,17,19-21H2,2H3/b22-12+/t26-/m0/s1. The molecule has 1 aliphatic rings. The van der Waals surface area contributed by atoms with E-state index in [1.54, 1.807) is 7.11 Å². The molecule has 1 heterocycles. The van der Waals surface area contributed by atoms with Gasteiger partial charge in [-0.15, -0.1) is 0 Å². The first-order valence-corrected chi connectivity index (χ1v) is 10.4. The maximum Gasteiger partial charge on any atom is 0.119 e. The third kappa shape index (κ3) is 7.19. The third-order valence-electron chi connectivity index (χ3n) is 5.36. The highest BCUT2D eigenvalue weighted by Crippen LogP contribution is 2.34. The summed E-state index contributed by atoms with van der Waals surface area (Å²) in [5, 5.41) is 0. The van der Waals surface area contributed by atoms with Crippen LogP contribution in [-0.4, -0.2) is 25.9 Å². The zero-order chi connectivity index (χ0) is 20.4. The van der Waals surface area contributed by atoms with E-state index >= 15 is 0 Å². The first kappa shape index (κ1) is 21.4. The Kier molecular flexibility index (Phi) is 8.09. The average Bonchev–Trinajstić information content (AvgIpc) is 3.53. The summed E-state index contributed by atoms with van der Waals surface area (Å²) >= 11 is 0. The number of hydrogen-bond donors (Lipinski definition) is 0. The Labute approximate surface area is 175 Å². The summed E-state index contributed by atoms with van der Waals surface area (Å²) in [6.45, 7) is 6.11. The van der Waals surface area contributed by atoms with Crippen LogP contribution in [0.2, 0.25) is 0 Å². The van der Waals surface area contributed by atoms with Gasteiger partial charge in [-0.3, -0.25) is 0 Å². The molecule has 0 unspecified atom stereocenters. The second-order valence-electron chi connectivity index (χ2n) is 7.68. The van der Waals surface area contributed by atoms with Crippen molar-refractivity contribution < 1.29 is 14.2 Å². The van der Waals surface area contributed by atoms with Gasteiger partial charge in [-0.1, -0.05) is 66.8 Å². The number of methoxy groups -OCH3 is 1. The molecule has 3 nitrogen and oxygen atoms in total. The number of hydrogen-bond acceptors (Lipinski definition) is 3. The summed E-state index contributed by atoms with van der Waals surface area (Å²) in [7, 11) is 1.71. The second-order valence-corrected chi connectivity index (χ2v) is 7.68. The van der Waals surface area contributed by atoms with Gasteiger partial charge in [0.2, 0.25) is 0 Å². The molecule has 0 saturated carbocycles. The Bertz CT molecular complexity index is 791. The van der Waals surface area contributed by atoms with Gasteiger partial charge >= 0.3 is 0 Å². The highest BCUT2D eigenvalue weighted by atomic mass is 16.6. The lowest BCUT2D eigenvalue weighted by Crippen LogP contribution is -2.19. The number of ether oxygens (including phenoxy) is 3. The molecule has 0 N–H and O–H groups in total. The van der Waals surface area contributed by atoms with E-state index in [2.05, 4.69) is 36.9 Å². The van der Waals surface area contributed by atoms with Crippen molar-refractivity contribution in [3.8, 4) is 5.75 Å². The van der Waals surface area contributed by atoms with Gasteiger partial charge in [0.1, 0.15) is 11.4 Å². The molecule has 0 bridgehead atoms. The minimum atomic E-state index is -0.0678. The zero-order valence-electron chi connectivity index (χ0n) is 17.4. The van der Waals surface area contributed by atoms with Crippen LogP contribution in [-0.2, 0) is 22.5 Å². The monoisotopic (exact) mass is 392 g/mol. The SMILES string of the molecule is C=C/C(=C\CCc1cccc(OC)c1)CCC[C@]1(COCc2ccccc2)CO1. The maximum absolute atomic E-state index is 5.89. The number of allylic oxidation sites excluding steroid dienone is 3. The molecule has 1 atom stereocenters. The fourth-order valence-electron chi connectivity index (χ4n) is 3.49. The quantitative estimate of drug-likeness (QED) is 0.314. The molecule has 1 aliphatic heterocycles. The van der Waals surface area contributed by atoms with Crippen LogP contribution in [0.1, 0.15) is 36.8 Å². The van der Waals surface area contributed by atoms with Gasteiger partial charge in [-0.2, -0.15) is 0 Å². The molecule has 0 spiro atoms. The summed E-state index contributed by atoms with van der Waals surface area (Å²) in [6.07, 6.45) is 9.46. The summed E-state index contributed by atoms with van der Waals surface area (Å²) in [4.78, 5) is 0. The summed E-state index contributed by atoms with van der Waals surface area (Å²) in [5.41, 5.74) is 3.75. The van der Waals surface area contributed by atoms with E-state index in [9.17, 15) is 0 Å². The van der Waals surface area contributed by atoms with Crippen LogP contribution in [0.3, 0.4) is 0 Å². The van der Waals surface area contributed by atoms with Crippen molar-refractivity contribution in [2.45, 2.75) is 44.3 Å². The largest absolute Gasteiger partial charge is 0.497 e. The molecule has 0 radical (unpaired) electrons. The number of rotatable bonds is 13. The number of epoxide rings is 1. The topological polar surface area (TPSA) is 31.0 Å².